The molecule has 10 heavy (non-hydrogen) atoms. The predicted molar refractivity (Wildman–Crippen MR) is 53.4 cm³/mol. The summed E-state index contributed by atoms with van der Waals surface area (Å²) >= 11 is 9.18. The predicted octanol–water partition coefficient (Wildman–Crippen LogP) is 2.98. The van der Waals surface area contributed by atoms with Gasteiger partial charge < -0.3 is 0 Å². The smallest absolute Gasteiger partial charge is 0.0622 e. The van der Waals surface area contributed by atoms with Crippen molar-refractivity contribution in [3.8, 4) is 0 Å². The summed E-state index contributed by atoms with van der Waals surface area (Å²) in [6, 6.07) is 10.2. The Labute approximate surface area is 72.2 Å². The molecule has 1 aromatic carbocycles. The van der Waals surface area contributed by atoms with Crippen LogP contribution in [0.3, 0.4) is 0 Å². The van der Waals surface area contributed by atoms with Gasteiger partial charge >= 0.3 is 0 Å². The summed E-state index contributed by atoms with van der Waals surface area (Å²) in [6.45, 7) is 0. The molecular formula is C7H8PS2+. The van der Waals surface area contributed by atoms with Crippen molar-refractivity contribution in [3.63, 3.8) is 0 Å². The SMILES string of the molecule is S=[P+](S)Cc1ccccc1. The molecule has 1 atom stereocenters. The fraction of sp³-hybridized carbons (Fsp3) is 0.143. The Morgan fingerprint density at radius 1 is 1.30 bits per heavy atom. The second-order valence-corrected chi connectivity index (χ2v) is 6.60. The van der Waals surface area contributed by atoms with Gasteiger partial charge in [0.1, 0.15) is 0 Å². The Balaban J connectivity index is 2.67. The standard InChI is InChI=1S/C7H7PS2/c9-8(10)6-7-4-2-1-3-5-7/h1-5H,6H2/p+1. The molecule has 0 saturated carbocycles. The quantitative estimate of drug-likeness (QED) is 0.548. The van der Waals surface area contributed by atoms with Crippen LogP contribution in [0.15, 0.2) is 30.3 Å². The maximum Gasteiger partial charge on any atom is 0.246 e. The van der Waals surface area contributed by atoms with Crippen molar-refractivity contribution in [1.82, 2.24) is 0 Å². The highest BCUT2D eigenvalue weighted by Gasteiger charge is 2.02. The van der Waals surface area contributed by atoms with E-state index >= 15 is 0 Å². The van der Waals surface area contributed by atoms with Crippen LogP contribution in [-0.4, -0.2) is 0 Å². The molecular weight excluding hydrogens is 179 g/mol. The molecule has 0 heterocycles. The van der Waals surface area contributed by atoms with Crippen molar-refractivity contribution in [2.24, 2.45) is 0 Å². The zero-order chi connectivity index (χ0) is 7.40. The van der Waals surface area contributed by atoms with Gasteiger partial charge in [-0.3, -0.25) is 0 Å². The van der Waals surface area contributed by atoms with Crippen molar-refractivity contribution in [3.05, 3.63) is 35.9 Å². The fourth-order valence-corrected chi connectivity index (χ4v) is 2.20. The Bertz CT molecular complexity index is 220. The zero-order valence-electron chi connectivity index (χ0n) is 5.40. The molecule has 1 rings (SSSR count). The third-order valence-electron chi connectivity index (χ3n) is 1.16. The second kappa shape index (κ2) is 4.07. The number of hydrogen-bond acceptors (Lipinski definition) is 1. The van der Waals surface area contributed by atoms with E-state index in [4.69, 9.17) is 11.8 Å². The number of thiol groups is 1. The van der Waals surface area contributed by atoms with Gasteiger partial charge in [-0.15, -0.1) is 0 Å². The van der Waals surface area contributed by atoms with E-state index in [1.807, 2.05) is 18.2 Å². The lowest BCUT2D eigenvalue weighted by Gasteiger charge is -1.88. The summed E-state index contributed by atoms with van der Waals surface area (Å²) in [5.41, 5.74) is 1.29. The first kappa shape index (κ1) is 8.19. The number of rotatable bonds is 2. The van der Waals surface area contributed by atoms with Crippen LogP contribution in [0.5, 0.6) is 0 Å². The molecule has 0 spiro atoms. The van der Waals surface area contributed by atoms with Gasteiger partial charge in [0.2, 0.25) is 5.90 Å². The third kappa shape index (κ3) is 2.78. The summed E-state index contributed by atoms with van der Waals surface area (Å²) in [7, 11) is 0. The highest BCUT2D eigenvalue weighted by molar-refractivity contribution is 8.55. The van der Waals surface area contributed by atoms with Crippen molar-refractivity contribution in [2.75, 3.05) is 0 Å². The third-order valence-corrected chi connectivity index (χ3v) is 2.61. The molecule has 0 N–H and O–H groups in total. The van der Waals surface area contributed by atoms with Gasteiger partial charge in [-0.1, -0.05) is 30.3 Å². The Kier molecular flexibility index (Phi) is 3.33. The number of hydrogen-bond donors (Lipinski definition) is 1. The minimum absolute atomic E-state index is 0.499. The van der Waals surface area contributed by atoms with E-state index in [9.17, 15) is 0 Å². The van der Waals surface area contributed by atoms with Crippen LogP contribution in [0.2, 0.25) is 0 Å². The molecule has 0 aliphatic heterocycles. The molecule has 0 saturated heterocycles. The molecule has 0 aliphatic rings. The van der Waals surface area contributed by atoms with E-state index in [0.717, 1.165) is 6.16 Å². The van der Waals surface area contributed by atoms with Crippen molar-refractivity contribution >= 4 is 30.0 Å². The first-order chi connectivity index (χ1) is 4.79. The molecule has 0 aliphatic carbocycles. The average Bonchev–Trinajstić information content (AvgIpc) is 1.88. The van der Waals surface area contributed by atoms with E-state index < -0.39 is 5.90 Å². The molecule has 0 aromatic heterocycles. The topological polar surface area (TPSA) is 0 Å². The van der Waals surface area contributed by atoms with Crippen molar-refractivity contribution < 1.29 is 0 Å². The van der Waals surface area contributed by atoms with E-state index in [-0.39, 0.29) is 0 Å². The first-order valence-corrected chi connectivity index (χ1v) is 6.66. The highest BCUT2D eigenvalue weighted by atomic mass is 32.9. The molecule has 1 unspecified atom stereocenters. The van der Waals surface area contributed by atoms with Gasteiger partial charge in [0.25, 0.3) is 0 Å². The van der Waals surface area contributed by atoms with E-state index in [1.54, 1.807) is 0 Å². The maximum atomic E-state index is 4.99. The summed E-state index contributed by atoms with van der Waals surface area (Å²) in [5.74, 6) is -0.499. The lowest BCUT2D eigenvalue weighted by Crippen LogP contribution is -1.73. The van der Waals surface area contributed by atoms with Crippen LogP contribution in [0.25, 0.3) is 0 Å². The molecule has 0 nitrogen and oxygen atoms in total. The summed E-state index contributed by atoms with van der Waals surface area (Å²) < 4.78 is 0. The van der Waals surface area contributed by atoms with E-state index in [1.165, 1.54) is 5.56 Å². The molecule has 1 aromatic rings. The molecule has 0 radical (unpaired) electrons. The normalized spacial score (nSPS) is 11.1. The van der Waals surface area contributed by atoms with Crippen LogP contribution in [0, 0.1) is 0 Å². The van der Waals surface area contributed by atoms with Gasteiger partial charge in [-0.2, -0.15) is 0 Å². The van der Waals surface area contributed by atoms with Gasteiger partial charge in [0, 0.05) is 0 Å². The number of benzene rings is 1. The Hall–Kier alpha value is 0.0900. The molecule has 0 fully saturated rings. The van der Waals surface area contributed by atoms with Gasteiger partial charge in [-0.25, -0.2) is 0 Å². The molecule has 0 amide bonds. The largest absolute Gasteiger partial charge is 0.246 e. The lowest BCUT2D eigenvalue weighted by atomic mass is 10.2. The van der Waals surface area contributed by atoms with E-state index in [2.05, 4.69) is 24.4 Å². The Morgan fingerprint density at radius 2 is 1.90 bits per heavy atom. The van der Waals surface area contributed by atoms with Crippen LogP contribution < -0.4 is 0 Å². The van der Waals surface area contributed by atoms with Crippen molar-refractivity contribution in [2.45, 2.75) is 6.16 Å². The van der Waals surface area contributed by atoms with E-state index in [0.29, 0.717) is 0 Å². The second-order valence-electron chi connectivity index (χ2n) is 2.00. The minimum atomic E-state index is -0.499. The first-order valence-electron chi connectivity index (χ1n) is 2.96. The van der Waals surface area contributed by atoms with Gasteiger partial charge in [0.15, 0.2) is 18.0 Å². The summed E-state index contributed by atoms with van der Waals surface area (Å²) in [6.07, 6.45) is 0.939. The maximum absolute atomic E-state index is 4.99. The molecule has 3 heteroatoms. The summed E-state index contributed by atoms with van der Waals surface area (Å²) in [5, 5.41) is 0. The van der Waals surface area contributed by atoms with Crippen LogP contribution in [0.1, 0.15) is 5.56 Å². The van der Waals surface area contributed by atoms with Crippen LogP contribution in [0.4, 0.5) is 0 Å². The molecule has 52 valence electrons. The average molecular weight is 187 g/mol. The van der Waals surface area contributed by atoms with Gasteiger partial charge in [-0.05, 0) is 5.56 Å². The minimum Gasteiger partial charge on any atom is -0.0622 e. The Morgan fingerprint density at radius 3 is 2.40 bits per heavy atom. The fourth-order valence-electron chi connectivity index (χ4n) is 0.740. The zero-order valence-corrected chi connectivity index (χ0v) is 8.00. The summed E-state index contributed by atoms with van der Waals surface area (Å²) in [4.78, 5) is 0. The van der Waals surface area contributed by atoms with Crippen LogP contribution in [-0.2, 0) is 18.0 Å². The van der Waals surface area contributed by atoms with Gasteiger partial charge in [0.05, 0.1) is 12.2 Å². The van der Waals surface area contributed by atoms with Crippen molar-refractivity contribution in [1.29, 1.82) is 0 Å². The molecule has 0 bridgehead atoms. The monoisotopic (exact) mass is 187 g/mol. The van der Waals surface area contributed by atoms with Crippen LogP contribution >= 0.6 is 18.1 Å². The highest BCUT2D eigenvalue weighted by Crippen LogP contribution is 2.30. The lowest BCUT2D eigenvalue weighted by molar-refractivity contribution is 1.42.